The molecule has 0 aliphatic rings. The highest BCUT2D eigenvalue weighted by atomic mass is 16.4. The average molecular weight is 281 g/mol. The number of aromatic nitrogens is 2. The van der Waals surface area contributed by atoms with Crippen molar-refractivity contribution in [3.05, 3.63) is 27.2 Å². The summed E-state index contributed by atoms with van der Waals surface area (Å²) in [6.45, 7) is 7.96. The van der Waals surface area contributed by atoms with E-state index in [1.165, 1.54) is 0 Å². The second kappa shape index (κ2) is 5.44. The molecule has 0 radical (unpaired) electrons. The summed E-state index contributed by atoms with van der Waals surface area (Å²) in [5.41, 5.74) is -0.409. The molecule has 0 unspecified atom stereocenters. The number of aryl methyl sites for hydroxylation is 1. The molecule has 1 aromatic heterocycles. The first kappa shape index (κ1) is 15.9. The fraction of sp³-hybridized carbons (Fsp3) is 0.538. The van der Waals surface area contributed by atoms with E-state index in [1.807, 2.05) is 0 Å². The number of rotatable bonds is 3. The Hall–Kier alpha value is -2.18. The maximum Gasteiger partial charge on any atom is 0.323 e. The van der Waals surface area contributed by atoms with E-state index in [2.05, 4.69) is 10.2 Å². The van der Waals surface area contributed by atoms with E-state index < -0.39 is 29.5 Å². The molecule has 0 aliphatic heterocycles. The summed E-state index contributed by atoms with van der Waals surface area (Å²) in [5.74, 6) is -1.74. The van der Waals surface area contributed by atoms with Crippen LogP contribution in [0.5, 0.6) is 0 Å². The van der Waals surface area contributed by atoms with E-state index in [0.29, 0.717) is 11.3 Å². The highest BCUT2D eigenvalue weighted by Gasteiger charge is 2.31. The van der Waals surface area contributed by atoms with Crippen LogP contribution < -0.4 is 5.56 Å². The van der Waals surface area contributed by atoms with Gasteiger partial charge < -0.3 is 10.0 Å². The number of carbonyl (C=O) groups excluding carboxylic acids is 1. The van der Waals surface area contributed by atoms with Crippen LogP contribution in [0.1, 0.15) is 42.4 Å². The van der Waals surface area contributed by atoms with E-state index in [9.17, 15) is 14.4 Å². The van der Waals surface area contributed by atoms with Crippen molar-refractivity contribution in [2.45, 2.75) is 40.2 Å². The average Bonchev–Trinajstić information content (AvgIpc) is 2.29. The lowest BCUT2D eigenvalue weighted by Gasteiger charge is -2.34. The van der Waals surface area contributed by atoms with Crippen LogP contribution in [0.3, 0.4) is 0 Å². The number of nitrogens with zero attached hydrogens (tertiary/aromatic N) is 2. The summed E-state index contributed by atoms with van der Waals surface area (Å²) in [5, 5.41) is 15.0. The number of carboxylic acid groups (broad SMARTS) is 1. The van der Waals surface area contributed by atoms with Crippen LogP contribution in [0.2, 0.25) is 0 Å². The summed E-state index contributed by atoms with van der Waals surface area (Å²) in [4.78, 5) is 36.5. The van der Waals surface area contributed by atoms with Crippen LogP contribution in [0.4, 0.5) is 0 Å². The highest BCUT2D eigenvalue weighted by molar-refractivity contribution is 5.97. The van der Waals surface area contributed by atoms with Crippen molar-refractivity contribution in [2.24, 2.45) is 0 Å². The number of aromatic amines is 1. The molecule has 0 saturated heterocycles. The fourth-order valence-corrected chi connectivity index (χ4v) is 1.77. The lowest BCUT2D eigenvalue weighted by atomic mass is 10.0. The topological polar surface area (TPSA) is 103 Å². The van der Waals surface area contributed by atoms with Crippen LogP contribution in [-0.2, 0) is 4.79 Å². The first-order valence-corrected chi connectivity index (χ1v) is 6.15. The van der Waals surface area contributed by atoms with Crippen molar-refractivity contribution in [1.29, 1.82) is 0 Å². The largest absolute Gasteiger partial charge is 0.480 e. The predicted octanol–water partition coefficient (Wildman–Crippen LogP) is 0.712. The summed E-state index contributed by atoms with van der Waals surface area (Å²) in [7, 11) is 0. The van der Waals surface area contributed by atoms with Crippen molar-refractivity contribution in [1.82, 2.24) is 15.1 Å². The molecular weight excluding hydrogens is 262 g/mol. The first-order chi connectivity index (χ1) is 9.05. The van der Waals surface area contributed by atoms with E-state index in [0.717, 1.165) is 4.90 Å². The molecule has 0 fully saturated rings. The third-order valence-electron chi connectivity index (χ3n) is 3.03. The number of hydrogen-bond donors (Lipinski definition) is 2. The molecule has 1 amide bonds. The SMILES string of the molecule is Cc1n[nH]c(=O)c(C(=O)N(CC(=O)O)C(C)(C)C)c1C. The minimum atomic E-state index is -1.13. The Kier molecular flexibility index (Phi) is 4.32. The molecule has 0 aliphatic carbocycles. The Labute approximate surface area is 116 Å². The third-order valence-corrected chi connectivity index (χ3v) is 3.03. The molecule has 20 heavy (non-hydrogen) atoms. The van der Waals surface area contributed by atoms with Crippen LogP contribution in [0, 0.1) is 13.8 Å². The predicted molar refractivity (Wildman–Crippen MR) is 72.8 cm³/mol. The van der Waals surface area contributed by atoms with E-state index >= 15 is 0 Å². The Bertz CT molecular complexity index is 599. The van der Waals surface area contributed by atoms with Crippen LogP contribution >= 0.6 is 0 Å². The molecule has 1 heterocycles. The number of amides is 1. The number of aliphatic carboxylic acids is 1. The Balaban J connectivity index is 3.37. The van der Waals surface area contributed by atoms with Gasteiger partial charge in [-0.1, -0.05) is 0 Å². The normalized spacial score (nSPS) is 11.2. The fourth-order valence-electron chi connectivity index (χ4n) is 1.77. The van der Waals surface area contributed by atoms with Gasteiger partial charge in [0, 0.05) is 5.54 Å². The van der Waals surface area contributed by atoms with Gasteiger partial charge in [0.1, 0.15) is 12.1 Å². The lowest BCUT2D eigenvalue weighted by molar-refractivity contribution is -0.138. The van der Waals surface area contributed by atoms with Crippen molar-refractivity contribution < 1.29 is 14.7 Å². The number of carbonyl (C=O) groups is 2. The smallest absolute Gasteiger partial charge is 0.323 e. The van der Waals surface area contributed by atoms with Crippen LogP contribution in [-0.4, -0.2) is 44.2 Å². The lowest BCUT2D eigenvalue weighted by Crippen LogP contribution is -2.49. The molecule has 2 N–H and O–H groups in total. The van der Waals surface area contributed by atoms with Gasteiger partial charge in [-0.3, -0.25) is 14.4 Å². The summed E-state index contributed by atoms with van der Waals surface area (Å²) in [6, 6.07) is 0. The maximum atomic E-state index is 12.5. The summed E-state index contributed by atoms with van der Waals surface area (Å²) < 4.78 is 0. The maximum absolute atomic E-state index is 12.5. The molecule has 0 aromatic carbocycles. The molecule has 7 heteroatoms. The second-order valence-corrected chi connectivity index (χ2v) is 5.59. The molecule has 0 spiro atoms. The quantitative estimate of drug-likeness (QED) is 0.849. The van der Waals surface area contributed by atoms with Gasteiger partial charge in [-0.15, -0.1) is 0 Å². The molecule has 7 nitrogen and oxygen atoms in total. The number of nitrogens with one attached hydrogen (secondary N) is 1. The highest BCUT2D eigenvalue weighted by Crippen LogP contribution is 2.17. The minimum Gasteiger partial charge on any atom is -0.480 e. The molecule has 110 valence electrons. The van der Waals surface area contributed by atoms with Gasteiger partial charge in [-0.25, -0.2) is 5.10 Å². The monoisotopic (exact) mass is 281 g/mol. The van der Waals surface area contributed by atoms with Gasteiger partial charge in [0.15, 0.2) is 0 Å². The minimum absolute atomic E-state index is 0.0614. The van der Waals surface area contributed by atoms with E-state index in [1.54, 1.807) is 34.6 Å². The number of hydrogen-bond acceptors (Lipinski definition) is 4. The van der Waals surface area contributed by atoms with Gasteiger partial charge in [0.05, 0.1) is 5.69 Å². The van der Waals surface area contributed by atoms with Crippen LogP contribution in [0.25, 0.3) is 0 Å². The molecule has 1 aromatic rings. The molecule has 0 bridgehead atoms. The van der Waals surface area contributed by atoms with Gasteiger partial charge in [0.2, 0.25) is 0 Å². The van der Waals surface area contributed by atoms with Gasteiger partial charge in [-0.05, 0) is 40.2 Å². The van der Waals surface area contributed by atoms with Crippen molar-refractivity contribution in [2.75, 3.05) is 6.54 Å². The van der Waals surface area contributed by atoms with Crippen LogP contribution in [0.15, 0.2) is 4.79 Å². The molecule has 0 saturated carbocycles. The standard InChI is InChI=1S/C13H19N3O4/c1-7-8(2)14-15-11(19)10(7)12(20)16(6-9(17)18)13(3,4)5/h6H2,1-5H3,(H,15,19)(H,17,18). The Morgan fingerprint density at radius 1 is 1.30 bits per heavy atom. The zero-order chi connectivity index (χ0) is 15.7. The molecule has 1 rings (SSSR count). The number of carboxylic acids is 1. The number of H-pyrrole nitrogens is 1. The zero-order valence-electron chi connectivity index (χ0n) is 12.3. The van der Waals surface area contributed by atoms with E-state index in [-0.39, 0.29) is 5.56 Å². The van der Waals surface area contributed by atoms with Crippen molar-refractivity contribution >= 4 is 11.9 Å². The van der Waals surface area contributed by atoms with Crippen molar-refractivity contribution in [3.63, 3.8) is 0 Å². The Morgan fingerprint density at radius 2 is 1.85 bits per heavy atom. The van der Waals surface area contributed by atoms with Gasteiger partial charge in [0.25, 0.3) is 11.5 Å². The Morgan fingerprint density at radius 3 is 2.30 bits per heavy atom. The first-order valence-electron chi connectivity index (χ1n) is 6.15. The molecular formula is C13H19N3O4. The molecule has 0 atom stereocenters. The van der Waals surface area contributed by atoms with Crippen molar-refractivity contribution in [3.8, 4) is 0 Å². The second-order valence-electron chi connectivity index (χ2n) is 5.59. The van der Waals surface area contributed by atoms with Gasteiger partial charge >= 0.3 is 5.97 Å². The summed E-state index contributed by atoms with van der Waals surface area (Å²) >= 11 is 0. The van der Waals surface area contributed by atoms with E-state index in [4.69, 9.17) is 5.11 Å². The third kappa shape index (κ3) is 3.23. The summed E-state index contributed by atoms with van der Waals surface area (Å²) in [6.07, 6.45) is 0. The van der Waals surface area contributed by atoms with Gasteiger partial charge in [-0.2, -0.15) is 5.10 Å². The zero-order valence-corrected chi connectivity index (χ0v) is 12.3.